The Morgan fingerprint density at radius 3 is 2.74 bits per heavy atom. The van der Waals surface area contributed by atoms with Crippen molar-refractivity contribution >= 4 is 28.7 Å². The maximum Gasteiger partial charge on any atom is 0.229 e. The van der Waals surface area contributed by atoms with E-state index in [-0.39, 0.29) is 23.8 Å². The molecular formula is C14H12FNO2S. The van der Waals surface area contributed by atoms with Gasteiger partial charge >= 0.3 is 0 Å². The molecule has 5 heteroatoms. The normalized spacial score (nSPS) is 10.2. The molecule has 0 saturated heterocycles. The van der Waals surface area contributed by atoms with Gasteiger partial charge in [-0.2, -0.15) is 0 Å². The Morgan fingerprint density at radius 2 is 2.11 bits per heavy atom. The van der Waals surface area contributed by atoms with Crippen molar-refractivity contribution in [2.24, 2.45) is 0 Å². The second kappa shape index (κ2) is 5.75. The summed E-state index contributed by atoms with van der Waals surface area (Å²) < 4.78 is 13.5. The van der Waals surface area contributed by atoms with Crippen molar-refractivity contribution in [3.05, 3.63) is 52.0 Å². The van der Waals surface area contributed by atoms with Crippen LogP contribution < -0.4 is 5.32 Å². The van der Waals surface area contributed by atoms with Crippen LogP contribution in [-0.4, -0.2) is 11.7 Å². The van der Waals surface area contributed by atoms with E-state index in [9.17, 15) is 14.0 Å². The number of hydrogen-bond donors (Lipinski definition) is 1. The van der Waals surface area contributed by atoms with Crippen LogP contribution >= 0.6 is 11.3 Å². The lowest BCUT2D eigenvalue weighted by Crippen LogP contribution is -2.15. The summed E-state index contributed by atoms with van der Waals surface area (Å²) in [6, 6.07) is 7.62. The molecular weight excluding hydrogens is 265 g/mol. The summed E-state index contributed by atoms with van der Waals surface area (Å²) in [4.78, 5) is 23.9. The number of carbonyl (C=O) groups excluding carboxylic acids is 2. The number of rotatable bonds is 4. The monoisotopic (exact) mass is 277 g/mol. The van der Waals surface area contributed by atoms with E-state index in [2.05, 4.69) is 5.32 Å². The van der Waals surface area contributed by atoms with E-state index in [4.69, 9.17) is 0 Å². The van der Waals surface area contributed by atoms with E-state index in [1.807, 2.05) is 17.5 Å². The van der Waals surface area contributed by atoms with Gasteiger partial charge in [0.1, 0.15) is 5.82 Å². The maximum absolute atomic E-state index is 13.5. The first-order valence-corrected chi connectivity index (χ1v) is 6.57. The average Bonchev–Trinajstić information content (AvgIpc) is 2.84. The topological polar surface area (TPSA) is 46.2 Å². The number of Topliss-reactive ketones (excluding diaryl/α,β-unsaturated/α-hetero) is 1. The van der Waals surface area contributed by atoms with Crippen LogP contribution in [0.4, 0.5) is 10.1 Å². The summed E-state index contributed by atoms with van der Waals surface area (Å²) in [6.45, 7) is 1.39. The van der Waals surface area contributed by atoms with Crippen LogP contribution in [0.25, 0.3) is 0 Å². The molecule has 3 nitrogen and oxygen atoms in total. The molecule has 0 atom stereocenters. The molecule has 1 aromatic heterocycles. The van der Waals surface area contributed by atoms with E-state index >= 15 is 0 Å². The predicted octanol–water partition coefficient (Wildman–Crippen LogP) is 3.27. The summed E-state index contributed by atoms with van der Waals surface area (Å²) in [7, 11) is 0. The molecule has 0 radical (unpaired) electrons. The predicted molar refractivity (Wildman–Crippen MR) is 73.1 cm³/mol. The number of carbonyl (C=O) groups is 2. The first-order valence-electron chi connectivity index (χ1n) is 5.69. The van der Waals surface area contributed by atoms with Crippen LogP contribution in [0.1, 0.15) is 22.2 Å². The Kier molecular flexibility index (Phi) is 4.06. The Morgan fingerprint density at radius 1 is 1.32 bits per heavy atom. The van der Waals surface area contributed by atoms with E-state index < -0.39 is 5.82 Å². The highest BCUT2D eigenvalue weighted by molar-refractivity contribution is 7.10. The standard InChI is InChI=1S/C14H12FNO2S/c1-9(17)10-4-5-12(15)13(7-10)16-14(18)8-11-3-2-6-19-11/h2-7H,8H2,1H3,(H,16,18). The molecule has 0 aliphatic rings. The minimum atomic E-state index is -0.551. The number of nitrogens with one attached hydrogen (secondary N) is 1. The van der Waals surface area contributed by atoms with Crippen molar-refractivity contribution in [1.29, 1.82) is 0 Å². The molecule has 0 aliphatic heterocycles. The van der Waals surface area contributed by atoms with Gasteiger partial charge in [0, 0.05) is 10.4 Å². The maximum atomic E-state index is 13.5. The molecule has 2 aromatic rings. The lowest BCUT2D eigenvalue weighted by molar-refractivity contribution is -0.115. The third-order valence-corrected chi connectivity index (χ3v) is 3.44. The zero-order valence-electron chi connectivity index (χ0n) is 10.3. The van der Waals surface area contributed by atoms with Crippen LogP contribution in [-0.2, 0) is 11.2 Å². The first kappa shape index (κ1) is 13.4. The van der Waals surface area contributed by atoms with Gasteiger partial charge in [-0.3, -0.25) is 9.59 Å². The van der Waals surface area contributed by atoms with Crippen molar-refractivity contribution < 1.29 is 14.0 Å². The SMILES string of the molecule is CC(=O)c1ccc(F)c(NC(=O)Cc2cccs2)c1. The summed E-state index contributed by atoms with van der Waals surface area (Å²) in [6.07, 6.45) is 0.196. The fraction of sp³-hybridized carbons (Fsp3) is 0.143. The highest BCUT2D eigenvalue weighted by Crippen LogP contribution is 2.17. The van der Waals surface area contributed by atoms with E-state index in [1.165, 1.54) is 36.5 Å². The Balaban J connectivity index is 2.11. The van der Waals surface area contributed by atoms with Crippen molar-refractivity contribution in [3.63, 3.8) is 0 Å². The Labute approximate surface area is 114 Å². The van der Waals surface area contributed by atoms with Gasteiger partial charge in [0.05, 0.1) is 12.1 Å². The molecule has 0 spiro atoms. The van der Waals surface area contributed by atoms with Gasteiger partial charge in [-0.15, -0.1) is 11.3 Å². The fourth-order valence-corrected chi connectivity index (χ4v) is 2.31. The lowest BCUT2D eigenvalue weighted by Gasteiger charge is -2.07. The van der Waals surface area contributed by atoms with Crippen molar-refractivity contribution in [2.75, 3.05) is 5.32 Å². The number of benzene rings is 1. The van der Waals surface area contributed by atoms with Crippen molar-refractivity contribution in [1.82, 2.24) is 0 Å². The third-order valence-electron chi connectivity index (χ3n) is 2.56. The molecule has 2 rings (SSSR count). The second-order valence-electron chi connectivity index (χ2n) is 4.06. The number of halogens is 1. The summed E-state index contributed by atoms with van der Waals surface area (Å²) in [5, 5.41) is 4.36. The number of amides is 1. The highest BCUT2D eigenvalue weighted by atomic mass is 32.1. The van der Waals surface area contributed by atoms with Gasteiger partial charge in [0.2, 0.25) is 5.91 Å². The van der Waals surface area contributed by atoms with Crippen molar-refractivity contribution in [3.8, 4) is 0 Å². The minimum absolute atomic E-state index is 0.0363. The van der Waals surface area contributed by atoms with Crippen LogP contribution in [0.2, 0.25) is 0 Å². The Hall–Kier alpha value is -2.01. The number of hydrogen-bond acceptors (Lipinski definition) is 3. The summed E-state index contributed by atoms with van der Waals surface area (Å²) >= 11 is 1.47. The van der Waals surface area contributed by atoms with Crippen LogP contribution in [0.15, 0.2) is 35.7 Å². The smallest absolute Gasteiger partial charge is 0.229 e. The van der Waals surface area contributed by atoms with E-state index in [0.29, 0.717) is 5.56 Å². The molecule has 0 bridgehead atoms. The van der Waals surface area contributed by atoms with E-state index in [1.54, 1.807) is 0 Å². The van der Waals surface area contributed by atoms with Crippen molar-refractivity contribution in [2.45, 2.75) is 13.3 Å². The molecule has 19 heavy (non-hydrogen) atoms. The summed E-state index contributed by atoms with van der Waals surface area (Å²) in [5.41, 5.74) is 0.405. The molecule has 1 heterocycles. The molecule has 0 aliphatic carbocycles. The molecule has 98 valence electrons. The zero-order chi connectivity index (χ0) is 13.8. The van der Waals surface area contributed by atoms with Gasteiger partial charge in [0.25, 0.3) is 0 Å². The lowest BCUT2D eigenvalue weighted by atomic mass is 10.1. The van der Waals surface area contributed by atoms with Gasteiger partial charge in [0.15, 0.2) is 5.78 Å². The number of anilines is 1. The molecule has 1 N–H and O–H groups in total. The van der Waals surface area contributed by atoms with Gasteiger partial charge < -0.3 is 5.32 Å². The minimum Gasteiger partial charge on any atom is -0.323 e. The molecule has 0 unspecified atom stereocenters. The molecule has 1 aromatic carbocycles. The molecule has 1 amide bonds. The Bertz CT molecular complexity index is 608. The van der Waals surface area contributed by atoms with Crippen LogP contribution in [0.5, 0.6) is 0 Å². The van der Waals surface area contributed by atoms with Crippen LogP contribution in [0.3, 0.4) is 0 Å². The van der Waals surface area contributed by atoms with E-state index in [0.717, 1.165) is 4.88 Å². The third kappa shape index (κ3) is 3.48. The zero-order valence-corrected chi connectivity index (χ0v) is 11.1. The van der Waals surface area contributed by atoms with Gasteiger partial charge in [-0.25, -0.2) is 4.39 Å². The molecule has 0 saturated carbocycles. The quantitative estimate of drug-likeness (QED) is 0.872. The summed E-state index contributed by atoms with van der Waals surface area (Å²) in [5.74, 6) is -1.03. The second-order valence-corrected chi connectivity index (χ2v) is 5.09. The molecule has 0 fully saturated rings. The average molecular weight is 277 g/mol. The number of ketones is 1. The van der Waals surface area contributed by atoms with Gasteiger partial charge in [-0.05, 0) is 36.6 Å². The fourth-order valence-electron chi connectivity index (χ4n) is 1.61. The first-order chi connectivity index (χ1) is 9.06. The van der Waals surface area contributed by atoms with Gasteiger partial charge in [-0.1, -0.05) is 6.07 Å². The highest BCUT2D eigenvalue weighted by Gasteiger charge is 2.10. The van der Waals surface area contributed by atoms with Crippen LogP contribution in [0, 0.1) is 5.82 Å². The number of thiophene rings is 1. The largest absolute Gasteiger partial charge is 0.323 e.